The number of esters is 1. The van der Waals surface area contributed by atoms with Gasteiger partial charge in [-0.3, -0.25) is 13.9 Å². The summed E-state index contributed by atoms with van der Waals surface area (Å²) < 4.78 is 43.3. The zero-order chi connectivity index (χ0) is 29.2. The van der Waals surface area contributed by atoms with Gasteiger partial charge in [0.05, 0.1) is 32.3 Å². The average Bonchev–Trinajstić information content (AvgIpc) is 3.43. The summed E-state index contributed by atoms with van der Waals surface area (Å²) in [5.41, 5.74) is 6.55. The van der Waals surface area contributed by atoms with Crippen molar-refractivity contribution in [2.24, 2.45) is 5.92 Å². The molecule has 3 heterocycles. The number of aliphatic hydroxyl groups is 1. The Balaban J connectivity index is 1.53. The fraction of sp³-hybridized carbons (Fsp3) is 0.500. The third kappa shape index (κ3) is 6.65. The topological polar surface area (TPSA) is 182 Å². The smallest absolute Gasteiger partial charge is 0.459 e. The van der Waals surface area contributed by atoms with Crippen LogP contribution in [-0.4, -0.2) is 68.7 Å². The van der Waals surface area contributed by atoms with Crippen LogP contribution in [0.3, 0.4) is 0 Å². The summed E-state index contributed by atoms with van der Waals surface area (Å²) in [6.45, 7) is 6.29. The number of aromatic nitrogens is 4. The number of nitrogens with two attached hydrogens (primary N) is 1. The Kier molecular flexibility index (Phi) is 9.18. The van der Waals surface area contributed by atoms with E-state index in [-0.39, 0.29) is 30.3 Å². The number of carbonyl (C=O) groups is 1. The van der Waals surface area contributed by atoms with Crippen molar-refractivity contribution in [3.8, 4) is 11.6 Å². The number of benzene rings is 1. The van der Waals surface area contributed by atoms with E-state index < -0.39 is 44.1 Å². The van der Waals surface area contributed by atoms with E-state index in [2.05, 4.69) is 20.0 Å². The van der Waals surface area contributed by atoms with Crippen molar-refractivity contribution in [3.63, 3.8) is 0 Å². The van der Waals surface area contributed by atoms with Gasteiger partial charge in [-0.25, -0.2) is 9.55 Å². The maximum atomic E-state index is 13.8. The Morgan fingerprint density at radius 2 is 1.98 bits per heavy atom. The summed E-state index contributed by atoms with van der Waals surface area (Å²) in [6.07, 6.45) is -1.58. The predicted octanol–water partition coefficient (Wildman–Crippen LogP) is 3.10. The number of nitrogens with zero attached hydrogens (tertiary/aromatic N) is 4. The van der Waals surface area contributed by atoms with E-state index in [9.17, 15) is 14.5 Å². The lowest BCUT2D eigenvalue weighted by Crippen LogP contribution is -2.37. The first-order valence-corrected chi connectivity index (χ1v) is 14.4. The lowest BCUT2D eigenvalue weighted by molar-refractivity contribution is -0.149. The monoisotopic (exact) mass is 598 g/mol. The van der Waals surface area contributed by atoms with E-state index in [0.29, 0.717) is 16.2 Å². The summed E-state index contributed by atoms with van der Waals surface area (Å²) in [5.74, 6) is -0.747. The number of halogens is 1. The molecule has 1 aliphatic rings. The first-order chi connectivity index (χ1) is 18.9. The Bertz CT molecular complexity index is 1390. The fourth-order valence-corrected chi connectivity index (χ4v) is 5.73. The number of methoxy groups -OCH3 is 1. The van der Waals surface area contributed by atoms with Crippen molar-refractivity contribution in [2.45, 2.75) is 58.3 Å². The van der Waals surface area contributed by atoms with Crippen LogP contribution in [0.4, 0.5) is 5.95 Å². The third-order valence-electron chi connectivity index (χ3n) is 6.06. The van der Waals surface area contributed by atoms with Crippen LogP contribution in [0, 0.1) is 5.92 Å². The Morgan fingerprint density at radius 1 is 1.27 bits per heavy atom. The van der Waals surface area contributed by atoms with Crippen LogP contribution in [0.5, 0.6) is 11.6 Å². The molecule has 0 bridgehead atoms. The van der Waals surface area contributed by atoms with Crippen LogP contribution in [0.25, 0.3) is 11.2 Å². The first-order valence-electron chi connectivity index (χ1n) is 12.5. The molecule has 0 spiro atoms. The number of fused-ring (bicyclic) bond motifs is 1. The van der Waals surface area contributed by atoms with E-state index in [1.165, 1.54) is 32.5 Å². The van der Waals surface area contributed by atoms with E-state index in [1.807, 2.05) is 0 Å². The highest BCUT2D eigenvalue weighted by Gasteiger charge is 2.44. The second-order valence-corrected chi connectivity index (χ2v) is 11.6. The van der Waals surface area contributed by atoms with Crippen molar-refractivity contribution >= 4 is 42.4 Å². The van der Waals surface area contributed by atoms with Gasteiger partial charge >= 0.3 is 13.7 Å². The van der Waals surface area contributed by atoms with E-state index in [0.717, 1.165) is 0 Å². The number of hydrogen-bond acceptors (Lipinski definition) is 12. The molecule has 4 rings (SSSR count). The lowest BCUT2D eigenvalue weighted by Gasteiger charge is -2.25. The minimum atomic E-state index is -4.20. The number of nitrogens with one attached hydrogen (secondary N) is 1. The SMILES string of the molecule is COc1nc(N)nc2c1ncn2C1OC(COP(=O)(NC(C)C(=O)OC(C)C)Oc2ccc(Cl)cc2)C(O)C1C. The minimum absolute atomic E-state index is 0.0198. The maximum absolute atomic E-state index is 13.8. The van der Waals surface area contributed by atoms with Crippen LogP contribution in [0.1, 0.15) is 33.9 Å². The zero-order valence-electron chi connectivity index (χ0n) is 22.6. The van der Waals surface area contributed by atoms with Crippen LogP contribution >= 0.6 is 19.3 Å². The van der Waals surface area contributed by atoms with Crippen LogP contribution in [-0.2, 0) is 23.4 Å². The molecular formula is C24H32ClN6O8P. The van der Waals surface area contributed by atoms with Gasteiger partial charge in [0.1, 0.15) is 24.1 Å². The van der Waals surface area contributed by atoms with Gasteiger partial charge in [-0.05, 0) is 45.0 Å². The molecule has 3 aromatic rings. The Hall–Kier alpha value is -3.00. The molecule has 0 saturated carbocycles. The highest BCUT2D eigenvalue weighted by atomic mass is 35.5. The molecule has 6 unspecified atom stereocenters. The molecule has 0 amide bonds. The van der Waals surface area contributed by atoms with Gasteiger partial charge in [-0.2, -0.15) is 15.1 Å². The van der Waals surface area contributed by atoms with Crippen molar-refractivity contribution < 1.29 is 37.7 Å². The highest BCUT2D eigenvalue weighted by molar-refractivity contribution is 7.52. The molecule has 1 saturated heterocycles. The second kappa shape index (κ2) is 12.2. The molecule has 2 aromatic heterocycles. The molecule has 6 atom stereocenters. The number of imidazole rings is 1. The number of nitrogen functional groups attached to an aromatic ring is 1. The third-order valence-corrected chi connectivity index (χ3v) is 7.96. The molecule has 1 fully saturated rings. The first kappa shape index (κ1) is 30.0. The van der Waals surface area contributed by atoms with Gasteiger partial charge in [0.2, 0.25) is 11.8 Å². The molecule has 1 aromatic carbocycles. The Labute approximate surface area is 235 Å². The van der Waals surface area contributed by atoms with Crippen molar-refractivity contribution in [1.29, 1.82) is 0 Å². The number of anilines is 1. The van der Waals surface area contributed by atoms with Crippen LogP contribution in [0.15, 0.2) is 30.6 Å². The normalized spacial score (nSPS) is 23.2. The van der Waals surface area contributed by atoms with Crippen molar-refractivity contribution in [2.75, 3.05) is 19.5 Å². The van der Waals surface area contributed by atoms with Gasteiger partial charge in [-0.15, -0.1) is 0 Å². The van der Waals surface area contributed by atoms with Gasteiger partial charge in [0.15, 0.2) is 11.2 Å². The quantitative estimate of drug-likeness (QED) is 0.216. The molecule has 4 N–H and O–H groups in total. The maximum Gasteiger partial charge on any atom is 0.459 e. The number of hydrogen-bond donors (Lipinski definition) is 3. The van der Waals surface area contributed by atoms with Gasteiger partial charge in [-0.1, -0.05) is 18.5 Å². The number of aliphatic hydroxyl groups excluding tert-OH is 1. The number of rotatable bonds is 11. The van der Waals surface area contributed by atoms with Crippen LogP contribution in [0.2, 0.25) is 5.02 Å². The van der Waals surface area contributed by atoms with Crippen molar-refractivity contribution in [1.82, 2.24) is 24.6 Å². The molecule has 14 nitrogen and oxygen atoms in total. The molecule has 0 radical (unpaired) electrons. The number of carbonyl (C=O) groups excluding carboxylic acids is 1. The molecule has 40 heavy (non-hydrogen) atoms. The molecule has 16 heteroatoms. The summed E-state index contributed by atoms with van der Waals surface area (Å²) in [5, 5.41) is 14.0. The minimum Gasteiger partial charge on any atom is -0.479 e. The fourth-order valence-electron chi connectivity index (χ4n) is 4.10. The van der Waals surface area contributed by atoms with Crippen LogP contribution < -0.4 is 20.1 Å². The molecule has 218 valence electrons. The second-order valence-electron chi connectivity index (χ2n) is 9.50. The van der Waals surface area contributed by atoms with Gasteiger partial charge in [0, 0.05) is 10.9 Å². The molecule has 1 aliphatic heterocycles. The molecular weight excluding hydrogens is 567 g/mol. The van der Waals surface area contributed by atoms with E-state index >= 15 is 0 Å². The summed E-state index contributed by atoms with van der Waals surface area (Å²) >= 11 is 5.95. The highest BCUT2D eigenvalue weighted by Crippen LogP contribution is 2.47. The van der Waals surface area contributed by atoms with E-state index in [1.54, 1.807) is 37.5 Å². The van der Waals surface area contributed by atoms with Gasteiger partial charge < -0.3 is 29.6 Å². The van der Waals surface area contributed by atoms with E-state index in [4.69, 9.17) is 40.6 Å². The molecule has 0 aliphatic carbocycles. The summed E-state index contributed by atoms with van der Waals surface area (Å²) in [7, 11) is -2.76. The summed E-state index contributed by atoms with van der Waals surface area (Å²) in [6, 6.07) is 5.06. The summed E-state index contributed by atoms with van der Waals surface area (Å²) in [4.78, 5) is 25.0. The zero-order valence-corrected chi connectivity index (χ0v) is 24.2. The average molecular weight is 599 g/mol. The Morgan fingerprint density at radius 3 is 2.62 bits per heavy atom. The van der Waals surface area contributed by atoms with Gasteiger partial charge in [0.25, 0.3) is 0 Å². The lowest BCUT2D eigenvalue weighted by atomic mass is 10.0. The standard InChI is InChI=1S/C24H32ClN6O8P/c1-12(2)37-23(33)14(4)30-40(34,39-16-8-6-15(25)7-9-16)36-10-17-19(32)13(3)22(38-17)31-11-27-18-20(31)28-24(26)29-21(18)35-5/h6-9,11-14,17,19,22,32H,10H2,1-5H3,(H,30,34)(H2,26,28,29). The number of ether oxygens (including phenoxy) is 3. The van der Waals surface area contributed by atoms with Crippen molar-refractivity contribution in [3.05, 3.63) is 35.6 Å². The largest absolute Gasteiger partial charge is 0.479 e. The predicted molar refractivity (Wildman–Crippen MR) is 145 cm³/mol.